The van der Waals surface area contributed by atoms with Gasteiger partial charge >= 0.3 is 11.9 Å². The highest BCUT2D eigenvalue weighted by Gasteiger charge is 2.38. The first kappa shape index (κ1) is 21.0. The van der Waals surface area contributed by atoms with Gasteiger partial charge in [0.2, 0.25) is 0 Å². The van der Waals surface area contributed by atoms with Crippen molar-refractivity contribution in [2.75, 3.05) is 13.2 Å². The minimum absolute atomic E-state index is 0.00678. The molecule has 1 amide bonds. The Bertz CT molecular complexity index is 684. The number of carbonyl (C=O) groups excluding carboxylic acids is 2. The average Bonchev–Trinajstić information content (AvgIpc) is 2.58. The summed E-state index contributed by atoms with van der Waals surface area (Å²) in [6, 6.07) is 4.61. The zero-order chi connectivity index (χ0) is 19.9. The molecule has 1 atom stereocenters. The van der Waals surface area contributed by atoms with Crippen LogP contribution >= 0.6 is 0 Å². The van der Waals surface area contributed by atoms with E-state index in [1.165, 1.54) is 26.0 Å². The summed E-state index contributed by atoms with van der Waals surface area (Å²) in [7, 11) is 0. The number of amides is 1. The first-order valence-electron chi connectivity index (χ1n) is 7.64. The van der Waals surface area contributed by atoms with Crippen LogP contribution in [0.3, 0.4) is 0 Å². The molecule has 0 saturated heterocycles. The third-order valence-corrected chi connectivity index (χ3v) is 3.53. The lowest BCUT2D eigenvalue weighted by Crippen LogP contribution is -2.48. The van der Waals surface area contributed by atoms with Gasteiger partial charge < -0.3 is 20.3 Å². The number of non-ortho nitro benzene ring substituents is 1. The van der Waals surface area contributed by atoms with Crippen LogP contribution in [-0.2, 0) is 14.3 Å². The van der Waals surface area contributed by atoms with E-state index >= 15 is 0 Å². The van der Waals surface area contributed by atoms with Crippen LogP contribution in [0.2, 0.25) is 0 Å². The number of nitro benzene ring substituents is 1. The Morgan fingerprint density at radius 2 is 1.85 bits per heavy atom. The molecule has 0 spiro atoms. The van der Waals surface area contributed by atoms with E-state index in [9.17, 15) is 29.6 Å². The molecule has 1 aromatic carbocycles. The Labute approximate surface area is 148 Å². The summed E-state index contributed by atoms with van der Waals surface area (Å²) in [4.78, 5) is 45.0. The van der Waals surface area contributed by atoms with Gasteiger partial charge in [-0.1, -0.05) is 13.8 Å². The summed E-state index contributed by atoms with van der Waals surface area (Å²) in [5.74, 6) is -2.76. The van der Waals surface area contributed by atoms with Gasteiger partial charge in [-0.15, -0.1) is 0 Å². The van der Waals surface area contributed by atoms with E-state index in [1.54, 1.807) is 0 Å². The summed E-state index contributed by atoms with van der Waals surface area (Å²) in [5, 5.41) is 31.0. The number of aliphatic hydroxyl groups is 1. The molecule has 1 rings (SSSR count). The zero-order valence-corrected chi connectivity index (χ0v) is 14.3. The number of aliphatic hydroxyl groups excluding tert-OH is 1. The SMILES string of the molecule is CC(C)(CO)[C@H](OC(=O)c1ccc([N+](=O)[O-])cc1)C(=O)NCCC(=O)O. The molecular weight excluding hydrogens is 348 g/mol. The van der Waals surface area contributed by atoms with E-state index < -0.39 is 40.9 Å². The Kier molecular flexibility index (Phi) is 7.20. The minimum Gasteiger partial charge on any atom is -0.481 e. The maximum Gasteiger partial charge on any atom is 0.338 e. The van der Waals surface area contributed by atoms with Crippen molar-refractivity contribution in [1.82, 2.24) is 5.32 Å². The van der Waals surface area contributed by atoms with Crippen molar-refractivity contribution in [3.8, 4) is 0 Å². The highest BCUT2D eigenvalue weighted by atomic mass is 16.6. The van der Waals surface area contributed by atoms with Crippen molar-refractivity contribution in [1.29, 1.82) is 0 Å². The summed E-state index contributed by atoms with van der Waals surface area (Å²) < 4.78 is 5.18. The summed E-state index contributed by atoms with van der Waals surface area (Å²) in [6.45, 7) is 2.36. The molecule has 1 aromatic rings. The quantitative estimate of drug-likeness (QED) is 0.327. The molecule has 10 nitrogen and oxygen atoms in total. The molecule has 26 heavy (non-hydrogen) atoms. The Morgan fingerprint density at radius 3 is 2.31 bits per heavy atom. The van der Waals surface area contributed by atoms with Crippen LogP contribution in [0.5, 0.6) is 0 Å². The number of nitrogens with zero attached hydrogens (tertiary/aromatic N) is 1. The largest absolute Gasteiger partial charge is 0.481 e. The van der Waals surface area contributed by atoms with E-state index in [1.807, 2.05) is 0 Å². The zero-order valence-electron chi connectivity index (χ0n) is 14.3. The van der Waals surface area contributed by atoms with E-state index in [0.717, 1.165) is 12.1 Å². The van der Waals surface area contributed by atoms with E-state index in [0.29, 0.717) is 0 Å². The van der Waals surface area contributed by atoms with E-state index in [-0.39, 0.29) is 24.2 Å². The summed E-state index contributed by atoms with van der Waals surface area (Å²) in [6.07, 6.45) is -1.70. The van der Waals surface area contributed by atoms with Crippen molar-refractivity contribution < 1.29 is 34.3 Å². The van der Waals surface area contributed by atoms with Gasteiger partial charge in [0.15, 0.2) is 6.10 Å². The summed E-state index contributed by atoms with van der Waals surface area (Å²) >= 11 is 0. The molecule has 0 aliphatic carbocycles. The lowest BCUT2D eigenvalue weighted by molar-refractivity contribution is -0.384. The van der Waals surface area contributed by atoms with Crippen LogP contribution in [0.1, 0.15) is 30.6 Å². The van der Waals surface area contributed by atoms with Gasteiger partial charge in [0.05, 0.1) is 23.5 Å². The van der Waals surface area contributed by atoms with Crippen molar-refractivity contribution >= 4 is 23.5 Å². The van der Waals surface area contributed by atoms with Crippen LogP contribution < -0.4 is 5.32 Å². The van der Waals surface area contributed by atoms with Crippen LogP contribution in [0.4, 0.5) is 5.69 Å². The molecule has 3 N–H and O–H groups in total. The number of carbonyl (C=O) groups is 3. The van der Waals surface area contributed by atoms with E-state index in [2.05, 4.69) is 5.32 Å². The molecule has 0 unspecified atom stereocenters. The standard InChI is InChI=1S/C16H20N2O8/c1-16(2,9-19)13(14(22)17-8-7-12(20)21)26-15(23)10-3-5-11(6-4-10)18(24)25/h3-6,13,19H,7-9H2,1-2H3,(H,17,22)(H,20,21)/t13-/m1/s1. The Balaban J connectivity index is 2.90. The number of benzene rings is 1. The number of nitro groups is 1. The van der Waals surface area contributed by atoms with Crippen LogP contribution in [-0.4, -0.2) is 52.2 Å². The van der Waals surface area contributed by atoms with Gasteiger partial charge in [-0.2, -0.15) is 0 Å². The monoisotopic (exact) mass is 368 g/mol. The molecule has 142 valence electrons. The van der Waals surface area contributed by atoms with Crippen LogP contribution in [0.15, 0.2) is 24.3 Å². The van der Waals surface area contributed by atoms with Gasteiger partial charge in [0.1, 0.15) is 0 Å². The number of nitrogens with one attached hydrogen (secondary N) is 1. The third kappa shape index (κ3) is 5.81. The average molecular weight is 368 g/mol. The summed E-state index contributed by atoms with van der Waals surface area (Å²) in [5.41, 5.74) is -1.35. The third-order valence-electron chi connectivity index (χ3n) is 3.53. The lowest BCUT2D eigenvalue weighted by atomic mass is 9.86. The normalized spacial score (nSPS) is 12.1. The van der Waals surface area contributed by atoms with Crippen molar-refractivity contribution in [3.05, 3.63) is 39.9 Å². The fourth-order valence-electron chi connectivity index (χ4n) is 1.93. The van der Waals surface area contributed by atoms with Crippen LogP contribution in [0, 0.1) is 15.5 Å². The van der Waals surface area contributed by atoms with Crippen molar-refractivity contribution in [3.63, 3.8) is 0 Å². The topological polar surface area (TPSA) is 156 Å². The molecule has 0 saturated carbocycles. The fourth-order valence-corrected chi connectivity index (χ4v) is 1.93. The molecule has 0 fully saturated rings. The number of ether oxygens (including phenoxy) is 1. The van der Waals surface area contributed by atoms with Crippen LogP contribution in [0.25, 0.3) is 0 Å². The Hall–Kier alpha value is -3.01. The molecule has 0 radical (unpaired) electrons. The number of aliphatic carboxylic acids is 1. The maximum atomic E-state index is 12.3. The highest BCUT2D eigenvalue weighted by molar-refractivity contribution is 5.92. The molecule has 0 heterocycles. The van der Waals surface area contributed by atoms with Gasteiger partial charge in [0.25, 0.3) is 11.6 Å². The number of hydrogen-bond acceptors (Lipinski definition) is 7. The number of carboxylic acid groups (broad SMARTS) is 1. The van der Waals surface area contributed by atoms with Crippen molar-refractivity contribution in [2.24, 2.45) is 5.41 Å². The predicted octanol–water partition coefficient (Wildman–Crippen LogP) is 0.730. The highest BCUT2D eigenvalue weighted by Crippen LogP contribution is 2.24. The fraction of sp³-hybridized carbons (Fsp3) is 0.438. The second-order valence-corrected chi connectivity index (χ2v) is 6.17. The number of rotatable bonds is 9. The van der Waals surface area contributed by atoms with E-state index in [4.69, 9.17) is 9.84 Å². The first-order chi connectivity index (χ1) is 12.1. The molecule has 10 heteroatoms. The minimum atomic E-state index is -1.39. The smallest absolute Gasteiger partial charge is 0.338 e. The first-order valence-corrected chi connectivity index (χ1v) is 7.64. The molecule has 0 aromatic heterocycles. The van der Waals surface area contributed by atoms with Gasteiger partial charge in [-0.3, -0.25) is 19.7 Å². The van der Waals surface area contributed by atoms with Gasteiger partial charge in [-0.25, -0.2) is 4.79 Å². The number of esters is 1. The molecule has 0 bridgehead atoms. The second kappa shape index (κ2) is 8.90. The lowest BCUT2D eigenvalue weighted by Gasteiger charge is -2.30. The number of carboxylic acids is 1. The second-order valence-electron chi connectivity index (χ2n) is 6.17. The molecule has 0 aliphatic heterocycles. The maximum absolute atomic E-state index is 12.3. The number of hydrogen-bond donors (Lipinski definition) is 3. The van der Waals surface area contributed by atoms with Crippen molar-refractivity contribution in [2.45, 2.75) is 26.4 Å². The van der Waals surface area contributed by atoms with Gasteiger partial charge in [-0.05, 0) is 12.1 Å². The molecular formula is C16H20N2O8. The molecule has 0 aliphatic rings. The predicted molar refractivity (Wildman–Crippen MR) is 88.4 cm³/mol. The van der Waals surface area contributed by atoms with Gasteiger partial charge in [0, 0.05) is 24.1 Å². The Morgan fingerprint density at radius 1 is 1.27 bits per heavy atom.